The highest BCUT2D eigenvalue weighted by atomic mass is 19.1. The Hall–Kier alpha value is -2.43. The Labute approximate surface area is 110 Å². The van der Waals surface area contributed by atoms with Gasteiger partial charge in [0.05, 0.1) is 4.92 Å². The maximum Gasteiger partial charge on any atom is 0.269 e. The summed E-state index contributed by atoms with van der Waals surface area (Å²) in [5.41, 5.74) is 2.24. The number of benzene rings is 2. The third kappa shape index (κ3) is 3.28. The standard InChI is InChI=1S/C14H13FN2O2/c1-10-2-5-12(8-14(10)15)16-9-11-3-6-13(7-4-11)17(18)19/h2-8,16H,9H2,1H3. The number of rotatable bonds is 4. The van der Waals surface area contributed by atoms with E-state index in [1.807, 2.05) is 0 Å². The van der Waals surface area contributed by atoms with Crippen LogP contribution in [0.25, 0.3) is 0 Å². The minimum atomic E-state index is -0.438. The number of nitrogens with zero attached hydrogens (tertiary/aromatic N) is 1. The van der Waals surface area contributed by atoms with Crippen LogP contribution in [0, 0.1) is 22.9 Å². The van der Waals surface area contributed by atoms with Crippen LogP contribution in [0.15, 0.2) is 42.5 Å². The molecule has 4 nitrogen and oxygen atoms in total. The van der Waals surface area contributed by atoms with Gasteiger partial charge in [-0.05, 0) is 30.2 Å². The molecule has 0 atom stereocenters. The van der Waals surface area contributed by atoms with Crippen LogP contribution in [0.4, 0.5) is 15.8 Å². The van der Waals surface area contributed by atoms with Gasteiger partial charge < -0.3 is 5.32 Å². The Morgan fingerprint density at radius 3 is 2.47 bits per heavy atom. The summed E-state index contributed by atoms with van der Waals surface area (Å²) in [5, 5.41) is 13.6. The SMILES string of the molecule is Cc1ccc(NCc2ccc([N+](=O)[O-])cc2)cc1F. The normalized spacial score (nSPS) is 10.2. The maximum atomic E-state index is 13.3. The molecule has 0 aliphatic rings. The van der Waals surface area contributed by atoms with Crippen LogP contribution in [0.2, 0.25) is 0 Å². The van der Waals surface area contributed by atoms with Gasteiger partial charge in [-0.1, -0.05) is 18.2 Å². The fourth-order valence-corrected chi connectivity index (χ4v) is 1.64. The number of hydrogen-bond acceptors (Lipinski definition) is 3. The van der Waals surface area contributed by atoms with Crippen molar-refractivity contribution >= 4 is 11.4 Å². The lowest BCUT2D eigenvalue weighted by Crippen LogP contribution is -2.00. The number of aryl methyl sites for hydroxylation is 1. The average molecular weight is 260 g/mol. The smallest absolute Gasteiger partial charge is 0.269 e. The van der Waals surface area contributed by atoms with E-state index in [1.165, 1.54) is 18.2 Å². The van der Waals surface area contributed by atoms with Gasteiger partial charge in [-0.2, -0.15) is 0 Å². The van der Waals surface area contributed by atoms with E-state index in [9.17, 15) is 14.5 Å². The highest BCUT2D eigenvalue weighted by Crippen LogP contribution is 2.16. The fourth-order valence-electron chi connectivity index (χ4n) is 1.64. The van der Waals surface area contributed by atoms with E-state index < -0.39 is 4.92 Å². The molecule has 0 amide bonds. The summed E-state index contributed by atoms with van der Waals surface area (Å²) in [4.78, 5) is 10.1. The van der Waals surface area contributed by atoms with Gasteiger partial charge in [0.25, 0.3) is 5.69 Å². The molecule has 1 N–H and O–H groups in total. The minimum absolute atomic E-state index is 0.0603. The number of nitrogens with one attached hydrogen (secondary N) is 1. The van der Waals surface area contributed by atoms with Crippen LogP contribution < -0.4 is 5.32 Å². The van der Waals surface area contributed by atoms with Crippen molar-refractivity contribution in [1.82, 2.24) is 0 Å². The molecule has 2 aromatic rings. The highest BCUT2D eigenvalue weighted by Gasteiger charge is 2.04. The molecule has 0 saturated heterocycles. The molecule has 0 heterocycles. The molecule has 98 valence electrons. The summed E-state index contributed by atoms with van der Waals surface area (Å²) in [6.07, 6.45) is 0. The van der Waals surface area contributed by atoms with E-state index in [4.69, 9.17) is 0 Å². The number of nitro benzene ring substituents is 1. The molecule has 2 rings (SSSR count). The number of non-ortho nitro benzene ring substituents is 1. The summed E-state index contributed by atoms with van der Waals surface area (Å²) < 4.78 is 13.3. The van der Waals surface area contributed by atoms with Gasteiger partial charge in [-0.3, -0.25) is 10.1 Å². The Bertz CT molecular complexity index is 597. The van der Waals surface area contributed by atoms with Gasteiger partial charge in [0.1, 0.15) is 5.82 Å². The zero-order valence-electron chi connectivity index (χ0n) is 10.4. The van der Waals surface area contributed by atoms with E-state index >= 15 is 0 Å². The zero-order valence-corrected chi connectivity index (χ0v) is 10.4. The quantitative estimate of drug-likeness (QED) is 0.674. The van der Waals surface area contributed by atoms with E-state index in [0.29, 0.717) is 17.8 Å². The predicted molar refractivity (Wildman–Crippen MR) is 71.6 cm³/mol. The Morgan fingerprint density at radius 2 is 1.89 bits per heavy atom. The number of nitro groups is 1. The van der Waals surface area contributed by atoms with Crippen LogP contribution in [0.1, 0.15) is 11.1 Å². The van der Waals surface area contributed by atoms with Gasteiger partial charge >= 0.3 is 0 Å². The van der Waals surface area contributed by atoms with Gasteiger partial charge in [-0.25, -0.2) is 4.39 Å². The molecule has 0 fully saturated rings. The van der Waals surface area contributed by atoms with Gasteiger partial charge in [-0.15, -0.1) is 0 Å². The zero-order chi connectivity index (χ0) is 13.8. The Balaban J connectivity index is 2.01. The fraction of sp³-hybridized carbons (Fsp3) is 0.143. The molecule has 0 radical (unpaired) electrons. The molecule has 0 aliphatic heterocycles. The van der Waals surface area contributed by atoms with Gasteiger partial charge in [0.2, 0.25) is 0 Å². The highest BCUT2D eigenvalue weighted by molar-refractivity contribution is 5.46. The van der Waals surface area contributed by atoms with Crippen molar-refractivity contribution in [3.8, 4) is 0 Å². The van der Waals surface area contributed by atoms with E-state index in [2.05, 4.69) is 5.32 Å². The number of anilines is 1. The lowest BCUT2D eigenvalue weighted by Gasteiger charge is -2.07. The first-order valence-electron chi connectivity index (χ1n) is 5.79. The molecule has 2 aromatic carbocycles. The number of halogens is 1. The van der Waals surface area contributed by atoms with Crippen LogP contribution in [-0.2, 0) is 6.54 Å². The van der Waals surface area contributed by atoms with Crippen molar-refractivity contribution in [1.29, 1.82) is 0 Å². The van der Waals surface area contributed by atoms with Crippen LogP contribution in [0.5, 0.6) is 0 Å². The predicted octanol–water partition coefficient (Wildman–Crippen LogP) is 3.65. The molecule has 0 unspecified atom stereocenters. The first-order valence-corrected chi connectivity index (χ1v) is 5.79. The van der Waals surface area contributed by atoms with Crippen molar-refractivity contribution in [2.24, 2.45) is 0 Å². The molecular weight excluding hydrogens is 247 g/mol. The lowest BCUT2D eigenvalue weighted by molar-refractivity contribution is -0.384. The van der Waals surface area contributed by atoms with Gasteiger partial charge in [0, 0.05) is 24.4 Å². The Kier molecular flexibility index (Phi) is 3.75. The summed E-state index contributed by atoms with van der Waals surface area (Å²) >= 11 is 0. The second kappa shape index (κ2) is 5.48. The first kappa shape index (κ1) is 13.0. The summed E-state index contributed by atoms with van der Waals surface area (Å²) in [6.45, 7) is 2.19. The molecule has 0 aliphatic carbocycles. The van der Waals surface area contributed by atoms with E-state index in [0.717, 1.165) is 5.56 Å². The van der Waals surface area contributed by atoms with Crippen LogP contribution in [0.3, 0.4) is 0 Å². The maximum absolute atomic E-state index is 13.3. The van der Waals surface area contributed by atoms with E-state index in [-0.39, 0.29) is 11.5 Å². The van der Waals surface area contributed by atoms with Gasteiger partial charge in [0.15, 0.2) is 0 Å². The Morgan fingerprint density at radius 1 is 1.21 bits per heavy atom. The van der Waals surface area contributed by atoms with Crippen molar-refractivity contribution in [3.63, 3.8) is 0 Å². The van der Waals surface area contributed by atoms with Crippen molar-refractivity contribution in [3.05, 3.63) is 69.5 Å². The van der Waals surface area contributed by atoms with Crippen LogP contribution >= 0.6 is 0 Å². The molecular formula is C14H13FN2O2. The second-order valence-corrected chi connectivity index (χ2v) is 4.24. The minimum Gasteiger partial charge on any atom is -0.381 e. The topological polar surface area (TPSA) is 55.2 Å². The average Bonchev–Trinajstić information content (AvgIpc) is 2.40. The molecule has 0 spiro atoms. The molecule has 0 aromatic heterocycles. The summed E-state index contributed by atoms with van der Waals surface area (Å²) in [7, 11) is 0. The molecule has 0 bridgehead atoms. The largest absolute Gasteiger partial charge is 0.381 e. The monoisotopic (exact) mass is 260 g/mol. The molecule has 0 saturated carbocycles. The van der Waals surface area contributed by atoms with Crippen LogP contribution in [-0.4, -0.2) is 4.92 Å². The van der Waals surface area contributed by atoms with Crippen molar-refractivity contribution in [2.75, 3.05) is 5.32 Å². The molecule has 19 heavy (non-hydrogen) atoms. The lowest BCUT2D eigenvalue weighted by atomic mass is 10.2. The third-order valence-electron chi connectivity index (χ3n) is 2.82. The number of hydrogen-bond donors (Lipinski definition) is 1. The van der Waals surface area contributed by atoms with Crippen molar-refractivity contribution < 1.29 is 9.31 Å². The first-order chi connectivity index (χ1) is 9.06. The van der Waals surface area contributed by atoms with Crippen molar-refractivity contribution in [2.45, 2.75) is 13.5 Å². The summed E-state index contributed by atoms with van der Waals surface area (Å²) in [5.74, 6) is -0.256. The third-order valence-corrected chi connectivity index (χ3v) is 2.82. The summed E-state index contributed by atoms with van der Waals surface area (Å²) in [6, 6.07) is 11.2. The van der Waals surface area contributed by atoms with E-state index in [1.54, 1.807) is 31.2 Å². The second-order valence-electron chi connectivity index (χ2n) is 4.24. The molecule has 5 heteroatoms.